The molecule has 3 aromatic rings. The van der Waals surface area contributed by atoms with Gasteiger partial charge in [0.15, 0.2) is 0 Å². The number of nitrogens with zero attached hydrogens (tertiary/aromatic N) is 1. The maximum Gasteiger partial charge on any atom is 0.0245 e. The molecule has 24 heavy (non-hydrogen) atoms. The van der Waals surface area contributed by atoms with E-state index in [4.69, 9.17) is 0 Å². The minimum Gasteiger partial charge on any atom is -0.293 e. The quantitative estimate of drug-likeness (QED) is 0.558. The van der Waals surface area contributed by atoms with Gasteiger partial charge in [-0.3, -0.25) is 4.90 Å². The average Bonchev–Trinajstić information content (AvgIpc) is 2.62. The van der Waals surface area contributed by atoms with E-state index in [1.165, 1.54) is 21.9 Å². The lowest BCUT2D eigenvalue weighted by Crippen LogP contribution is -2.30. The molecule has 0 saturated heterocycles. The molecule has 3 rings (SSSR count). The Morgan fingerprint density at radius 2 is 1.54 bits per heavy atom. The molecule has 0 aliphatic carbocycles. The van der Waals surface area contributed by atoms with Crippen LogP contribution in [0.4, 0.5) is 0 Å². The van der Waals surface area contributed by atoms with Crippen molar-refractivity contribution in [3.05, 3.63) is 90.0 Å². The summed E-state index contributed by atoms with van der Waals surface area (Å²) in [6, 6.07) is 26.2. The Balaban J connectivity index is 1.75. The molecule has 0 saturated carbocycles. The van der Waals surface area contributed by atoms with Crippen molar-refractivity contribution in [3.8, 4) is 0 Å². The van der Waals surface area contributed by atoms with Crippen LogP contribution in [0.2, 0.25) is 0 Å². The highest BCUT2D eigenvalue weighted by Gasteiger charge is 2.10. The van der Waals surface area contributed by atoms with Crippen molar-refractivity contribution in [2.24, 2.45) is 0 Å². The van der Waals surface area contributed by atoms with E-state index in [0.29, 0.717) is 6.04 Å². The highest BCUT2D eigenvalue weighted by molar-refractivity contribution is 5.85. The first kappa shape index (κ1) is 16.5. The Labute approximate surface area is 145 Å². The van der Waals surface area contributed by atoms with Crippen molar-refractivity contribution < 1.29 is 0 Å². The predicted octanol–water partition coefficient (Wildman–Crippen LogP) is 5.76. The van der Waals surface area contributed by atoms with Gasteiger partial charge >= 0.3 is 0 Å². The molecule has 0 bridgehead atoms. The Hall–Kier alpha value is -2.38. The van der Waals surface area contributed by atoms with E-state index in [9.17, 15) is 0 Å². The van der Waals surface area contributed by atoms with E-state index in [0.717, 1.165) is 13.1 Å². The third-order valence-corrected chi connectivity index (χ3v) is 4.43. The van der Waals surface area contributed by atoms with E-state index in [2.05, 4.69) is 104 Å². The maximum absolute atomic E-state index is 2.50. The molecular weight excluding hydrogens is 290 g/mol. The minimum atomic E-state index is 0.504. The molecule has 0 aromatic heterocycles. The number of rotatable bonds is 6. The SMILES string of the molecule is CC(C)N(C/C=C/c1ccccc1)Cc1cccc2ccccc12. The molecule has 0 spiro atoms. The summed E-state index contributed by atoms with van der Waals surface area (Å²) in [4.78, 5) is 2.50. The molecule has 122 valence electrons. The molecule has 0 atom stereocenters. The summed E-state index contributed by atoms with van der Waals surface area (Å²) in [5.74, 6) is 0. The van der Waals surface area contributed by atoms with Gasteiger partial charge in [-0.05, 0) is 35.7 Å². The monoisotopic (exact) mass is 315 g/mol. The van der Waals surface area contributed by atoms with Gasteiger partial charge in [0, 0.05) is 19.1 Å². The van der Waals surface area contributed by atoms with Gasteiger partial charge in [0.1, 0.15) is 0 Å². The van der Waals surface area contributed by atoms with Gasteiger partial charge in [-0.2, -0.15) is 0 Å². The van der Waals surface area contributed by atoms with Crippen LogP contribution in [0.3, 0.4) is 0 Å². The van der Waals surface area contributed by atoms with Gasteiger partial charge in [0.2, 0.25) is 0 Å². The van der Waals surface area contributed by atoms with Crippen LogP contribution in [0.1, 0.15) is 25.0 Å². The van der Waals surface area contributed by atoms with Crippen LogP contribution >= 0.6 is 0 Å². The lowest BCUT2D eigenvalue weighted by molar-refractivity contribution is 0.238. The van der Waals surface area contributed by atoms with E-state index >= 15 is 0 Å². The summed E-state index contributed by atoms with van der Waals surface area (Å²) in [7, 11) is 0. The molecule has 1 nitrogen and oxygen atoms in total. The molecule has 0 amide bonds. The largest absolute Gasteiger partial charge is 0.293 e. The molecule has 3 aromatic carbocycles. The maximum atomic E-state index is 2.50. The average molecular weight is 315 g/mol. The molecule has 0 radical (unpaired) electrons. The summed E-state index contributed by atoms with van der Waals surface area (Å²) in [5.41, 5.74) is 2.65. The minimum absolute atomic E-state index is 0.504. The number of benzene rings is 3. The second kappa shape index (κ2) is 7.94. The van der Waals surface area contributed by atoms with Crippen LogP contribution in [0, 0.1) is 0 Å². The lowest BCUT2D eigenvalue weighted by Gasteiger charge is -2.25. The van der Waals surface area contributed by atoms with Crippen molar-refractivity contribution in [1.29, 1.82) is 0 Å². The first-order chi connectivity index (χ1) is 11.7. The van der Waals surface area contributed by atoms with Crippen molar-refractivity contribution >= 4 is 16.8 Å². The summed E-state index contributed by atoms with van der Waals surface area (Å²) in [6.45, 7) is 6.46. The Bertz CT molecular complexity index is 797. The number of hydrogen-bond donors (Lipinski definition) is 0. The summed E-state index contributed by atoms with van der Waals surface area (Å²) in [6.07, 6.45) is 4.47. The fourth-order valence-corrected chi connectivity index (χ4v) is 3.00. The number of hydrogen-bond acceptors (Lipinski definition) is 1. The van der Waals surface area contributed by atoms with Crippen LogP contribution in [0.5, 0.6) is 0 Å². The second-order valence-corrected chi connectivity index (χ2v) is 6.47. The molecule has 0 unspecified atom stereocenters. The third kappa shape index (κ3) is 4.12. The van der Waals surface area contributed by atoms with E-state index in [1.54, 1.807) is 0 Å². The predicted molar refractivity (Wildman–Crippen MR) is 105 cm³/mol. The van der Waals surface area contributed by atoms with Crippen molar-refractivity contribution in [1.82, 2.24) is 4.90 Å². The zero-order valence-electron chi connectivity index (χ0n) is 14.5. The van der Waals surface area contributed by atoms with Crippen LogP contribution in [-0.2, 0) is 6.54 Å². The van der Waals surface area contributed by atoms with Crippen LogP contribution < -0.4 is 0 Å². The highest BCUT2D eigenvalue weighted by Crippen LogP contribution is 2.20. The summed E-state index contributed by atoms with van der Waals surface area (Å²) >= 11 is 0. The van der Waals surface area contributed by atoms with Gasteiger partial charge in [-0.25, -0.2) is 0 Å². The zero-order valence-corrected chi connectivity index (χ0v) is 14.5. The molecule has 0 heterocycles. The Kier molecular flexibility index (Phi) is 5.45. The molecule has 0 aliphatic rings. The normalized spacial score (nSPS) is 11.8. The van der Waals surface area contributed by atoms with Crippen LogP contribution in [0.25, 0.3) is 16.8 Å². The summed E-state index contributed by atoms with van der Waals surface area (Å²) < 4.78 is 0. The second-order valence-electron chi connectivity index (χ2n) is 6.47. The Morgan fingerprint density at radius 3 is 2.33 bits per heavy atom. The van der Waals surface area contributed by atoms with Gasteiger partial charge in [-0.1, -0.05) is 84.9 Å². The third-order valence-electron chi connectivity index (χ3n) is 4.43. The van der Waals surface area contributed by atoms with E-state index in [-0.39, 0.29) is 0 Å². The first-order valence-corrected chi connectivity index (χ1v) is 8.66. The molecule has 0 fully saturated rings. The molecule has 1 heteroatoms. The van der Waals surface area contributed by atoms with Crippen LogP contribution in [-0.4, -0.2) is 17.5 Å². The van der Waals surface area contributed by atoms with Crippen molar-refractivity contribution in [3.63, 3.8) is 0 Å². The van der Waals surface area contributed by atoms with E-state index < -0.39 is 0 Å². The molecular formula is C23H25N. The molecule has 0 aliphatic heterocycles. The lowest BCUT2D eigenvalue weighted by atomic mass is 10.0. The van der Waals surface area contributed by atoms with Crippen molar-refractivity contribution in [2.45, 2.75) is 26.4 Å². The highest BCUT2D eigenvalue weighted by atomic mass is 15.1. The van der Waals surface area contributed by atoms with Gasteiger partial charge in [0.05, 0.1) is 0 Å². The fourth-order valence-electron chi connectivity index (χ4n) is 3.00. The van der Waals surface area contributed by atoms with E-state index in [1.807, 2.05) is 0 Å². The Morgan fingerprint density at radius 1 is 0.833 bits per heavy atom. The van der Waals surface area contributed by atoms with Gasteiger partial charge in [-0.15, -0.1) is 0 Å². The standard InChI is InChI=1S/C23H25N/c1-19(2)24(17-9-12-20-10-4-3-5-11-20)18-22-15-8-14-21-13-6-7-16-23(21)22/h3-16,19H,17-18H2,1-2H3/b12-9+. The zero-order chi connectivity index (χ0) is 16.8. The summed E-state index contributed by atoms with van der Waals surface area (Å²) in [5, 5.41) is 2.68. The van der Waals surface area contributed by atoms with Gasteiger partial charge < -0.3 is 0 Å². The van der Waals surface area contributed by atoms with Gasteiger partial charge in [0.25, 0.3) is 0 Å². The molecule has 0 N–H and O–H groups in total. The fraction of sp³-hybridized carbons (Fsp3) is 0.217. The first-order valence-electron chi connectivity index (χ1n) is 8.66. The topological polar surface area (TPSA) is 3.24 Å². The number of fused-ring (bicyclic) bond motifs is 1. The van der Waals surface area contributed by atoms with Crippen LogP contribution in [0.15, 0.2) is 78.9 Å². The van der Waals surface area contributed by atoms with Crippen molar-refractivity contribution in [2.75, 3.05) is 6.54 Å². The smallest absolute Gasteiger partial charge is 0.0245 e.